The van der Waals surface area contributed by atoms with Gasteiger partial charge in [0.15, 0.2) is 5.96 Å². The van der Waals surface area contributed by atoms with Crippen molar-refractivity contribution in [1.82, 2.24) is 10.2 Å². The summed E-state index contributed by atoms with van der Waals surface area (Å²) >= 11 is 0. The van der Waals surface area contributed by atoms with Gasteiger partial charge in [-0.2, -0.15) is 0 Å². The number of aliphatic imine (C=N–C) groups is 1. The second kappa shape index (κ2) is 6.69. The maximum absolute atomic E-state index is 9.67. The Morgan fingerprint density at radius 1 is 1.32 bits per heavy atom. The Kier molecular flexibility index (Phi) is 4.67. The quantitative estimate of drug-likeness (QED) is 0.665. The fourth-order valence-electron chi connectivity index (χ4n) is 3.33. The number of hydrogen-bond acceptors (Lipinski definition) is 2. The van der Waals surface area contributed by atoms with Crippen LogP contribution in [0.4, 0.5) is 0 Å². The van der Waals surface area contributed by atoms with Crippen LogP contribution in [0.5, 0.6) is 0 Å². The summed E-state index contributed by atoms with van der Waals surface area (Å²) in [6, 6.07) is 9.17. The van der Waals surface area contributed by atoms with Gasteiger partial charge in [0.2, 0.25) is 0 Å². The molecule has 1 aromatic carbocycles. The molecule has 120 valence electrons. The number of nitrogens with zero attached hydrogens (tertiary/aromatic N) is 2. The second-order valence-electron chi connectivity index (χ2n) is 6.47. The van der Waals surface area contributed by atoms with E-state index in [1.807, 2.05) is 0 Å². The van der Waals surface area contributed by atoms with Gasteiger partial charge < -0.3 is 15.3 Å². The van der Waals surface area contributed by atoms with Gasteiger partial charge >= 0.3 is 0 Å². The number of guanidine groups is 1. The Balaban J connectivity index is 1.62. The van der Waals surface area contributed by atoms with E-state index in [-0.39, 0.29) is 6.10 Å². The van der Waals surface area contributed by atoms with Gasteiger partial charge in [-0.25, -0.2) is 0 Å². The topological polar surface area (TPSA) is 47.9 Å². The molecule has 3 rings (SSSR count). The van der Waals surface area contributed by atoms with Crippen molar-refractivity contribution in [1.29, 1.82) is 0 Å². The highest BCUT2D eigenvalue weighted by Gasteiger charge is 2.40. The SMILES string of the molecule is CCN=C(NC1CC1c1ccccc1C)N1CCC(O)CC1. The molecule has 1 aliphatic carbocycles. The van der Waals surface area contributed by atoms with Gasteiger partial charge in [0, 0.05) is 31.6 Å². The summed E-state index contributed by atoms with van der Waals surface area (Å²) in [5.74, 6) is 1.63. The van der Waals surface area contributed by atoms with Crippen LogP contribution in [0.2, 0.25) is 0 Å². The lowest BCUT2D eigenvalue weighted by Crippen LogP contribution is -2.47. The van der Waals surface area contributed by atoms with Gasteiger partial charge in [0.1, 0.15) is 0 Å². The van der Waals surface area contributed by atoms with Gasteiger partial charge in [0.05, 0.1) is 6.10 Å². The van der Waals surface area contributed by atoms with Crippen molar-refractivity contribution in [3.05, 3.63) is 35.4 Å². The van der Waals surface area contributed by atoms with E-state index in [9.17, 15) is 5.11 Å². The maximum Gasteiger partial charge on any atom is 0.194 e. The molecule has 2 unspecified atom stereocenters. The van der Waals surface area contributed by atoms with Crippen molar-refractivity contribution in [3.8, 4) is 0 Å². The normalized spacial score (nSPS) is 26.1. The van der Waals surface area contributed by atoms with Crippen LogP contribution in [-0.4, -0.2) is 47.7 Å². The lowest BCUT2D eigenvalue weighted by molar-refractivity contribution is 0.108. The Morgan fingerprint density at radius 3 is 2.73 bits per heavy atom. The van der Waals surface area contributed by atoms with Crippen molar-refractivity contribution in [2.24, 2.45) is 4.99 Å². The number of nitrogens with one attached hydrogen (secondary N) is 1. The highest BCUT2D eigenvalue weighted by molar-refractivity contribution is 5.81. The minimum absolute atomic E-state index is 0.139. The fourth-order valence-corrected chi connectivity index (χ4v) is 3.33. The predicted octanol–water partition coefficient (Wildman–Crippen LogP) is 2.27. The fraction of sp³-hybridized carbons (Fsp3) is 0.611. The number of aliphatic hydroxyl groups is 1. The summed E-state index contributed by atoms with van der Waals surface area (Å²) in [6.45, 7) is 6.86. The number of aliphatic hydroxyl groups excluding tert-OH is 1. The molecule has 2 N–H and O–H groups in total. The van der Waals surface area contributed by atoms with Crippen molar-refractivity contribution in [2.75, 3.05) is 19.6 Å². The van der Waals surface area contributed by atoms with Crippen molar-refractivity contribution in [2.45, 2.75) is 51.2 Å². The first-order chi connectivity index (χ1) is 10.7. The summed E-state index contributed by atoms with van der Waals surface area (Å²) in [5.41, 5.74) is 2.84. The molecule has 4 heteroatoms. The predicted molar refractivity (Wildman–Crippen MR) is 90.3 cm³/mol. The number of likely N-dealkylation sites (tertiary alicyclic amines) is 1. The second-order valence-corrected chi connectivity index (χ2v) is 6.47. The molecular weight excluding hydrogens is 274 g/mol. The standard InChI is InChI=1S/C18H27N3O/c1-3-19-18(21-10-8-14(22)9-11-21)20-17-12-16(17)15-7-5-4-6-13(15)2/h4-7,14,16-17,22H,3,8-12H2,1-2H3,(H,19,20). The Hall–Kier alpha value is -1.55. The van der Waals surface area contributed by atoms with E-state index in [0.717, 1.165) is 38.4 Å². The summed E-state index contributed by atoms with van der Waals surface area (Å²) in [4.78, 5) is 6.95. The van der Waals surface area contributed by atoms with Crippen LogP contribution in [-0.2, 0) is 0 Å². The van der Waals surface area contributed by atoms with Crippen LogP contribution in [0.1, 0.15) is 43.2 Å². The Bertz CT molecular complexity index is 535. The molecule has 2 aliphatic rings. The number of rotatable bonds is 3. The number of benzene rings is 1. The Labute approximate surface area is 133 Å². The molecule has 1 aromatic rings. The minimum atomic E-state index is -0.139. The lowest BCUT2D eigenvalue weighted by atomic mass is 10.0. The molecule has 2 fully saturated rings. The van der Waals surface area contributed by atoms with E-state index in [1.54, 1.807) is 0 Å². The first-order valence-corrected chi connectivity index (χ1v) is 8.48. The Morgan fingerprint density at radius 2 is 2.05 bits per heavy atom. The molecule has 1 saturated carbocycles. The molecule has 1 saturated heterocycles. The summed E-state index contributed by atoms with van der Waals surface area (Å²) in [7, 11) is 0. The van der Waals surface area contributed by atoms with Gasteiger partial charge in [-0.15, -0.1) is 0 Å². The zero-order valence-corrected chi connectivity index (χ0v) is 13.6. The van der Waals surface area contributed by atoms with Gasteiger partial charge in [-0.1, -0.05) is 24.3 Å². The monoisotopic (exact) mass is 301 g/mol. The van der Waals surface area contributed by atoms with Crippen LogP contribution in [0.15, 0.2) is 29.3 Å². The highest BCUT2D eigenvalue weighted by Crippen LogP contribution is 2.42. The van der Waals surface area contributed by atoms with Crippen LogP contribution in [0.25, 0.3) is 0 Å². The van der Waals surface area contributed by atoms with E-state index < -0.39 is 0 Å². The van der Waals surface area contributed by atoms with E-state index >= 15 is 0 Å². The van der Waals surface area contributed by atoms with Gasteiger partial charge in [0.25, 0.3) is 0 Å². The third-order valence-electron chi connectivity index (χ3n) is 4.76. The zero-order chi connectivity index (χ0) is 15.5. The first kappa shape index (κ1) is 15.3. The molecule has 0 bridgehead atoms. The maximum atomic E-state index is 9.67. The smallest absolute Gasteiger partial charge is 0.194 e. The lowest BCUT2D eigenvalue weighted by Gasteiger charge is -2.32. The average molecular weight is 301 g/mol. The van der Waals surface area contributed by atoms with Crippen LogP contribution < -0.4 is 5.32 Å². The molecule has 1 heterocycles. The molecule has 0 spiro atoms. The van der Waals surface area contributed by atoms with Crippen LogP contribution >= 0.6 is 0 Å². The van der Waals surface area contributed by atoms with Crippen LogP contribution in [0.3, 0.4) is 0 Å². The zero-order valence-electron chi connectivity index (χ0n) is 13.6. The molecular formula is C18H27N3O. The molecule has 1 aliphatic heterocycles. The van der Waals surface area contributed by atoms with Crippen LogP contribution in [0, 0.1) is 6.92 Å². The van der Waals surface area contributed by atoms with Gasteiger partial charge in [-0.3, -0.25) is 4.99 Å². The highest BCUT2D eigenvalue weighted by atomic mass is 16.3. The number of piperidine rings is 1. The summed E-state index contributed by atoms with van der Waals surface area (Å²) < 4.78 is 0. The molecule has 2 atom stereocenters. The number of hydrogen-bond donors (Lipinski definition) is 2. The average Bonchev–Trinajstić information content (AvgIpc) is 3.27. The minimum Gasteiger partial charge on any atom is -0.393 e. The van der Waals surface area contributed by atoms with E-state index in [0.29, 0.717) is 12.0 Å². The van der Waals surface area contributed by atoms with Gasteiger partial charge in [-0.05, 0) is 44.2 Å². The molecule has 4 nitrogen and oxygen atoms in total. The molecule has 0 aromatic heterocycles. The van der Waals surface area contributed by atoms with E-state index in [1.165, 1.54) is 17.5 Å². The number of aryl methyl sites for hydroxylation is 1. The summed E-state index contributed by atoms with van der Waals surface area (Å²) in [5, 5.41) is 13.3. The molecule has 22 heavy (non-hydrogen) atoms. The summed E-state index contributed by atoms with van der Waals surface area (Å²) in [6.07, 6.45) is 2.73. The van der Waals surface area contributed by atoms with Crippen molar-refractivity contribution < 1.29 is 5.11 Å². The van der Waals surface area contributed by atoms with Crippen molar-refractivity contribution in [3.63, 3.8) is 0 Å². The van der Waals surface area contributed by atoms with E-state index in [4.69, 9.17) is 0 Å². The molecule has 0 amide bonds. The molecule has 0 radical (unpaired) electrons. The largest absolute Gasteiger partial charge is 0.393 e. The van der Waals surface area contributed by atoms with Crippen molar-refractivity contribution >= 4 is 5.96 Å². The third-order valence-corrected chi connectivity index (χ3v) is 4.76. The van der Waals surface area contributed by atoms with E-state index in [2.05, 4.69) is 53.3 Å². The third kappa shape index (κ3) is 3.43. The first-order valence-electron chi connectivity index (χ1n) is 8.48.